The molecule has 1 N–H and O–H groups in total. The van der Waals surface area contributed by atoms with Crippen molar-refractivity contribution in [3.8, 4) is 5.75 Å². The summed E-state index contributed by atoms with van der Waals surface area (Å²) in [6.45, 7) is 0.259. The normalized spacial score (nSPS) is 11.3. The third-order valence-corrected chi connectivity index (χ3v) is 4.51. The van der Waals surface area contributed by atoms with E-state index in [1.165, 1.54) is 19.3 Å². The molecule has 1 heterocycles. The first-order chi connectivity index (χ1) is 12.5. The number of phenols is 1. The number of carbonyl (C=O) groups is 1. The molecule has 0 saturated carbocycles. The second-order valence-electron chi connectivity index (χ2n) is 5.67. The predicted octanol–water partition coefficient (Wildman–Crippen LogP) is 5.29. The van der Waals surface area contributed by atoms with E-state index in [1.807, 2.05) is 30.3 Å². The number of fused-ring (bicyclic) bond motifs is 1. The minimum absolute atomic E-state index is 0.00207. The van der Waals surface area contributed by atoms with Crippen molar-refractivity contribution in [2.45, 2.75) is 6.61 Å². The Hall–Kier alpha value is -2.40. The highest BCUT2D eigenvalue weighted by Gasteiger charge is 2.14. The molecule has 0 spiro atoms. The smallest absolute Gasteiger partial charge is 0.187 e. The van der Waals surface area contributed by atoms with Gasteiger partial charge in [-0.2, -0.15) is 0 Å². The lowest BCUT2D eigenvalue weighted by molar-refractivity contribution is 0.104. The lowest BCUT2D eigenvalue weighted by Crippen LogP contribution is -1.99. The first kappa shape index (κ1) is 18.4. The Morgan fingerprint density at radius 1 is 1.23 bits per heavy atom. The van der Waals surface area contributed by atoms with Crippen molar-refractivity contribution in [1.82, 2.24) is 4.98 Å². The van der Waals surface area contributed by atoms with Crippen LogP contribution in [0.3, 0.4) is 0 Å². The van der Waals surface area contributed by atoms with Gasteiger partial charge in [0.1, 0.15) is 10.9 Å². The number of halogens is 2. The maximum Gasteiger partial charge on any atom is 0.187 e. The van der Waals surface area contributed by atoms with E-state index in [-0.39, 0.29) is 28.7 Å². The molecule has 26 heavy (non-hydrogen) atoms. The number of para-hydroxylation sites is 1. The molecular weight excluding hydrogens is 373 g/mol. The summed E-state index contributed by atoms with van der Waals surface area (Å²) in [5.74, 6) is -0.518. The highest BCUT2D eigenvalue weighted by molar-refractivity contribution is 6.36. The van der Waals surface area contributed by atoms with E-state index in [9.17, 15) is 9.90 Å². The summed E-state index contributed by atoms with van der Waals surface area (Å²) in [7, 11) is 1.53. The fourth-order valence-electron chi connectivity index (χ4n) is 2.58. The summed E-state index contributed by atoms with van der Waals surface area (Å²) in [6.07, 6.45) is 2.94. The number of aromatic hydroxyl groups is 1. The van der Waals surface area contributed by atoms with E-state index in [1.54, 1.807) is 12.1 Å². The van der Waals surface area contributed by atoms with Gasteiger partial charge in [0.15, 0.2) is 5.78 Å². The minimum Gasteiger partial charge on any atom is -0.506 e. The summed E-state index contributed by atoms with van der Waals surface area (Å²) >= 11 is 12.3. The van der Waals surface area contributed by atoms with Crippen molar-refractivity contribution in [3.63, 3.8) is 0 Å². The molecule has 1 aromatic heterocycles. The average molecular weight is 388 g/mol. The average Bonchev–Trinajstić information content (AvgIpc) is 2.62. The second kappa shape index (κ2) is 7.87. The van der Waals surface area contributed by atoms with Crippen LogP contribution in [0, 0.1) is 0 Å². The molecule has 0 bridgehead atoms. The van der Waals surface area contributed by atoms with Crippen molar-refractivity contribution >= 4 is 46.0 Å². The van der Waals surface area contributed by atoms with Crippen molar-refractivity contribution in [3.05, 3.63) is 75.4 Å². The SMILES string of the molecule is COCc1cc(O)c(Cl)c(C(=O)/C=C/c2cc3ccccc3nc2Cl)c1. The number of carbonyl (C=O) groups excluding carboxylic acids is 1. The predicted molar refractivity (Wildman–Crippen MR) is 104 cm³/mol. The van der Waals surface area contributed by atoms with E-state index >= 15 is 0 Å². The van der Waals surface area contributed by atoms with Gasteiger partial charge >= 0.3 is 0 Å². The lowest BCUT2D eigenvalue weighted by atomic mass is 10.1. The first-order valence-electron chi connectivity index (χ1n) is 7.77. The van der Waals surface area contributed by atoms with Crippen molar-refractivity contribution in [2.75, 3.05) is 7.11 Å². The van der Waals surface area contributed by atoms with Crippen LogP contribution in [0.25, 0.3) is 17.0 Å². The third-order valence-electron chi connectivity index (χ3n) is 3.81. The van der Waals surface area contributed by atoms with E-state index in [2.05, 4.69) is 4.98 Å². The van der Waals surface area contributed by atoms with Crippen LogP contribution in [0.5, 0.6) is 5.75 Å². The molecule has 132 valence electrons. The maximum atomic E-state index is 12.5. The molecule has 3 rings (SSSR count). The zero-order valence-electron chi connectivity index (χ0n) is 13.9. The van der Waals surface area contributed by atoms with Crippen LogP contribution in [-0.2, 0) is 11.3 Å². The molecule has 0 unspecified atom stereocenters. The number of rotatable bonds is 5. The largest absolute Gasteiger partial charge is 0.506 e. The van der Waals surface area contributed by atoms with Crippen molar-refractivity contribution in [2.24, 2.45) is 0 Å². The van der Waals surface area contributed by atoms with Gasteiger partial charge in [-0.1, -0.05) is 41.4 Å². The number of pyridine rings is 1. The van der Waals surface area contributed by atoms with Crippen LogP contribution in [0.4, 0.5) is 0 Å². The molecule has 0 aliphatic carbocycles. The zero-order chi connectivity index (χ0) is 18.7. The number of ketones is 1. The third kappa shape index (κ3) is 3.88. The highest BCUT2D eigenvalue weighted by Crippen LogP contribution is 2.30. The molecule has 3 aromatic rings. The maximum absolute atomic E-state index is 12.5. The number of ether oxygens (including phenoxy) is 1. The Bertz CT molecular complexity index is 1020. The molecule has 0 fully saturated rings. The molecule has 0 atom stereocenters. The Morgan fingerprint density at radius 2 is 2.00 bits per heavy atom. The van der Waals surface area contributed by atoms with Gasteiger partial charge in [-0.25, -0.2) is 4.98 Å². The molecule has 2 aromatic carbocycles. The number of hydrogen-bond acceptors (Lipinski definition) is 4. The van der Waals surface area contributed by atoms with Crippen LogP contribution in [0.2, 0.25) is 10.2 Å². The highest BCUT2D eigenvalue weighted by atomic mass is 35.5. The first-order valence-corrected chi connectivity index (χ1v) is 8.53. The molecule has 0 radical (unpaired) electrons. The topological polar surface area (TPSA) is 59.4 Å². The molecule has 0 amide bonds. The second-order valence-corrected chi connectivity index (χ2v) is 6.40. The summed E-state index contributed by atoms with van der Waals surface area (Å²) in [4.78, 5) is 16.9. The number of allylic oxidation sites excluding steroid dienone is 1. The van der Waals surface area contributed by atoms with Crippen LogP contribution in [0.1, 0.15) is 21.5 Å². The Balaban J connectivity index is 1.94. The van der Waals surface area contributed by atoms with Crippen molar-refractivity contribution in [1.29, 1.82) is 0 Å². The Morgan fingerprint density at radius 3 is 2.77 bits per heavy atom. The number of methoxy groups -OCH3 is 1. The van der Waals surface area contributed by atoms with E-state index in [4.69, 9.17) is 27.9 Å². The van der Waals surface area contributed by atoms with Gasteiger partial charge in [0.05, 0.1) is 17.1 Å². The van der Waals surface area contributed by atoms with E-state index in [0.29, 0.717) is 16.3 Å². The molecule has 4 nitrogen and oxygen atoms in total. The summed E-state index contributed by atoms with van der Waals surface area (Å²) in [5.41, 5.74) is 2.24. The monoisotopic (exact) mass is 387 g/mol. The van der Waals surface area contributed by atoms with Gasteiger partial charge in [-0.15, -0.1) is 0 Å². The minimum atomic E-state index is -0.354. The lowest BCUT2D eigenvalue weighted by Gasteiger charge is -2.07. The van der Waals surface area contributed by atoms with E-state index < -0.39 is 0 Å². The van der Waals surface area contributed by atoms with Gasteiger partial charge in [0, 0.05) is 23.6 Å². The number of nitrogens with zero attached hydrogens (tertiary/aromatic N) is 1. The molecule has 0 saturated heterocycles. The van der Waals surface area contributed by atoms with Crippen molar-refractivity contribution < 1.29 is 14.6 Å². The van der Waals surface area contributed by atoms with Crippen LogP contribution in [-0.4, -0.2) is 23.0 Å². The van der Waals surface area contributed by atoms with Gasteiger partial charge in [0.2, 0.25) is 0 Å². The molecule has 6 heteroatoms. The van der Waals surface area contributed by atoms with Gasteiger partial charge in [-0.05, 0) is 42.0 Å². The number of phenolic OH excluding ortho intramolecular Hbond substituents is 1. The Labute approximate surface area is 160 Å². The molecule has 0 aliphatic rings. The quantitative estimate of drug-likeness (QED) is 0.367. The van der Waals surface area contributed by atoms with Crippen LogP contribution < -0.4 is 0 Å². The molecule has 0 aliphatic heterocycles. The van der Waals surface area contributed by atoms with Gasteiger partial charge in [-0.3, -0.25) is 4.79 Å². The summed E-state index contributed by atoms with van der Waals surface area (Å²) < 4.78 is 5.03. The zero-order valence-corrected chi connectivity index (χ0v) is 15.4. The number of aromatic nitrogens is 1. The summed E-state index contributed by atoms with van der Waals surface area (Å²) in [6, 6.07) is 12.5. The summed E-state index contributed by atoms with van der Waals surface area (Å²) in [5, 5.41) is 11.1. The van der Waals surface area contributed by atoms with Gasteiger partial charge < -0.3 is 9.84 Å². The fraction of sp³-hybridized carbons (Fsp3) is 0.100. The van der Waals surface area contributed by atoms with Crippen LogP contribution in [0.15, 0.2) is 48.5 Å². The van der Waals surface area contributed by atoms with Gasteiger partial charge in [0.25, 0.3) is 0 Å². The number of hydrogen-bond donors (Lipinski definition) is 1. The standard InChI is InChI=1S/C20H15Cl2NO3/c1-26-11-12-8-15(19(21)18(25)9-12)17(24)7-6-14-10-13-4-2-3-5-16(13)23-20(14)22/h2-10,25H,11H2,1H3/b7-6+. The number of benzene rings is 2. The molecular formula is C20H15Cl2NO3. The van der Waals surface area contributed by atoms with E-state index in [0.717, 1.165) is 10.9 Å². The Kier molecular flexibility index (Phi) is 5.57. The fourth-order valence-corrected chi connectivity index (χ4v) is 2.99. The van der Waals surface area contributed by atoms with Crippen LogP contribution >= 0.6 is 23.2 Å².